The van der Waals surface area contributed by atoms with E-state index < -0.39 is 0 Å². The number of nitrogens with zero attached hydrogens (tertiary/aromatic N) is 5. The predicted molar refractivity (Wildman–Crippen MR) is 123 cm³/mol. The summed E-state index contributed by atoms with van der Waals surface area (Å²) >= 11 is 0. The van der Waals surface area contributed by atoms with Crippen molar-refractivity contribution < 1.29 is 0 Å². The predicted octanol–water partition coefficient (Wildman–Crippen LogP) is 2.58. The fourth-order valence-electron chi connectivity index (χ4n) is 5.04. The number of fused-ring (bicyclic) bond motifs is 1. The molecule has 1 aliphatic rings. The van der Waals surface area contributed by atoms with Gasteiger partial charge in [-0.3, -0.25) is 18.8 Å². The molecular formula is C24H33N5O2. The van der Waals surface area contributed by atoms with Gasteiger partial charge in [-0.1, -0.05) is 37.6 Å². The van der Waals surface area contributed by atoms with Crippen LogP contribution in [0.15, 0.2) is 27.8 Å². The van der Waals surface area contributed by atoms with Gasteiger partial charge in [0.1, 0.15) is 5.82 Å². The summed E-state index contributed by atoms with van der Waals surface area (Å²) in [4.78, 5) is 32.9. The van der Waals surface area contributed by atoms with Crippen LogP contribution in [0.1, 0.15) is 42.8 Å². The molecule has 0 aliphatic carbocycles. The highest BCUT2D eigenvalue weighted by molar-refractivity contribution is 5.71. The average molecular weight is 424 g/mol. The lowest BCUT2D eigenvalue weighted by molar-refractivity contribution is 0.130. The highest BCUT2D eigenvalue weighted by atomic mass is 16.2. The second-order valence-electron chi connectivity index (χ2n) is 9.56. The average Bonchev–Trinajstić information content (AvgIpc) is 3.05. The van der Waals surface area contributed by atoms with Gasteiger partial charge in [0.25, 0.3) is 5.56 Å². The third-order valence-electron chi connectivity index (χ3n) is 6.57. The highest BCUT2D eigenvalue weighted by Crippen LogP contribution is 2.24. The smallest absolute Gasteiger partial charge is 0.317 e. The summed E-state index contributed by atoms with van der Waals surface area (Å²) in [6.07, 6.45) is 1.24. The van der Waals surface area contributed by atoms with Gasteiger partial charge in [0.2, 0.25) is 0 Å². The number of benzene rings is 1. The van der Waals surface area contributed by atoms with E-state index in [0.29, 0.717) is 36.1 Å². The van der Waals surface area contributed by atoms with E-state index in [4.69, 9.17) is 4.98 Å². The van der Waals surface area contributed by atoms with E-state index in [1.54, 1.807) is 7.05 Å². The van der Waals surface area contributed by atoms with Gasteiger partial charge in [0.15, 0.2) is 11.2 Å². The molecule has 2 aromatic heterocycles. The number of hydrogen-bond acceptors (Lipinski definition) is 4. The number of aryl methyl sites for hydroxylation is 3. The first-order chi connectivity index (χ1) is 14.7. The van der Waals surface area contributed by atoms with Gasteiger partial charge in [0.05, 0.1) is 6.54 Å². The lowest BCUT2D eigenvalue weighted by Gasteiger charge is -2.34. The molecule has 7 nitrogen and oxygen atoms in total. The monoisotopic (exact) mass is 423 g/mol. The van der Waals surface area contributed by atoms with Gasteiger partial charge in [0, 0.05) is 33.7 Å². The molecule has 7 heteroatoms. The summed E-state index contributed by atoms with van der Waals surface area (Å²) in [6.45, 7) is 12.0. The van der Waals surface area contributed by atoms with Crippen LogP contribution in [-0.4, -0.2) is 36.7 Å². The molecule has 0 radical (unpaired) electrons. The summed E-state index contributed by atoms with van der Waals surface area (Å²) in [5, 5.41) is 0. The van der Waals surface area contributed by atoms with E-state index in [1.807, 2.05) is 4.57 Å². The third-order valence-corrected chi connectivity index (χ3v) is 6.57. The van der Waals surface area contributed by atoms with Crippen LogP contribution in [0.2, 0.25) is 0 Å². The normalized spacial score (nSPS) is 19.9. The fourth-order valence-corrected chi connectivity index (χ4v) is 5.04. The molecule has 4 rings (SSSR count). The minimum Gasteiger partial charge on any atom is -0.317 e. The second-order valence-corrected chi connectivity index (χ2v) is 9.56. The zero-order valence-corrected chi connectivity index (χ0v) is 19.5. The van der Waals surface area contributed by atoms with Crippen molar-refractivity contribution in [3.8, 4) is 0 Å². The Morgan fingerprint density at radius 1 is 1.00 bits per heavy atom. The van der Waals surface area contributed by atoms with Crippen molar-refractivity contribution in [1.82, 2.24) is 23.6 Å². The zero-order valence-electron chi connectivity index (χ0n) is 19.5. The van der Waals surface area contributed by atoms with Crippen LogP contribution >= 0.6 is 0 Å². The lowest BCUT2D eigenvalue weighted by atomic mass is 9.92. The molecule has 2 atom stereocenters. The van der Waals surface area contributed by atoms with Crippen molar-refractivity contribution in [2.24, 2.45) is 25.9 Å². The van der Waals surface area contributed by atoms with Crippen molar-refractivity contribution in [2.45, 2.75) is 47.2 Å². The molecular weight excluding hydrogens is 390 g/mol. The first kappa shape index (κ1) is 21.6. The van der Waals surface area contributed by atoms with Gasteiger partial charge in [-0.2, -0.15) is 0 Å². The Labute approximate surface area is 182 Å². The number of hydrogen-bond donors (Lipinski definition) is 0. The molecule has 0 unspecified atom stereocenters. The van der Waals surface area contributed by atoms with Crippen LogP contribution in [0.4, 0.5) is 0 Å². The number of rotatable bonds is 4. The lowest BCUT2D eigenvalue weighted by Crippen LogP contribution is -2.39. The Bertz CT molecular complexity index is 1240. The summed E-state index contributed by atoms with van der Waals surface area (Å²) in [6, 6.07) is 6.39. The Hall–Kier alpha value is -2.67. The fraction of sp³-hybridized carbons (Fsp3) is 0.542. The molecule has 31 heavy (non-hydrogen) atoms. The van der Waals surface area contributed by atoms with Gasteiger partial charge in [-0.25, -0.2) is 9.78 Å². The Kier molecular flexibility index (Phi) is 5.64. The molecule has 0 saturated carbocycles. The van der Waals surface area contributed by atoms with Crippen molar-refractivity contribution in [1.29, 1.82) is 0 Å². The van der Waals surface area contributed by atoms with E-state index in [9.17, 15) is 9.59 Å². The van der Waals surface area contributed by atoms with Crippen LogP contribution in [0, 0.1) is 25.7 Å². The molecule has 166 valence electrons. The number of aromatic nitrogens is 4. The van der Waals surface area contributed by atoms with Gasteiger partial charge in [-0.05, 0) is 43.2 Å². The molecule has 1 saturated heterocycles. The van der Waals surface area contributed by atoms with Crippen molar-refractivity contribution in [3.63, 3.8) is 0 Å². The minimum absolute atomic E-state index is 0.289. The van der Waals surface area contributed by atoms with E-state index in [1.165, 1.54) is 33.7 Å². The summed E-state index contributed by atoms with van der Waals surface area (Å²) < 4.78 is 4.70. The number of piperidine rings is 1. The second kappa shape index (κ2) is 8.11. The van der Waals surface area contributed by atoms with Gasteiger partial charge in [-0.15, -0.1) is 0 Å². The van der Waals surface area contributed by atoms with E-state index in [-0.39, 0.29) is 11.2 Å². The van der Waals surface area contributed by atoms with E-state index in [0.717, 1.165) is 24.5 Å². The van der Waals surface area contributed by atoms with Crippen molar-refractivity contribution >= 4 is 11.2 Å². The van der Waals surface area contributed by atoms with Crippen LogP contribution in [0.5, 0.6) is 0 Å². The Morgan fingerprint density at radius 2 is 1.68 bits per heavy atom. The maximum Gasteiger partial charge on any atom is 0.332 e. The molecule has 1 aromatic carbocycles. The van der Waals surface area contributed by atoms with Crippen molar-refractivity contribution in [2.75, 3.05) is 13.1 Å². The molecule has 1 aliphatic heterocycles. The maximum atomic E-state index is 13.1. The third kappa shape index (κ3) is 3.99. The molecule has 3 aromatic rings. The number of likely N-dealkylation sites (tertiary alicyclic amines) is 1. The van der Waals surface area contributed by atoms with Crippen LogP contribution < -0.4 is 11.2 Å². The Morgan fingerprint density at radius 3 is 2.35 bits per heavy atom. The largest absolute Gasteiger partial charge is 0.332 e. The first-order valence-electron chi connectivity index (χ1n) is 11.1. The summed E-state index contributed by atoms with van der Waals surface area (Å²) in [7, 11) is 3.22. The molecule has 0 amide bonds. The molecule has 1 fully saturated rings. The van der Waals surface area contributed by atoms with E-state index >= 15 is 0 Å². The van der Waals surface area contributed by atoms with Crippen LogP contribution in [-0.2, 0) is 27.2 Å². The summed E-state index contributed by atoms with van der Waals surface area (Å²) in [5.41, 5.74) is 3.86. The van der Waals surface area contributed by atoms with E-state index in [2.05, 4.69) is 50.8 Å². The molecule has 3 heterocycles. The molecule has 0 spiro atoms. The van der Waals surface area contributed by atoms with Gasteiger partial charge < -0.3 is 4.57 Å². The quantitative estimate of drug-likeness (QED) is 0.647. The summed E-state index contributed by atoms with van der Waals surface area (Å²) in [5.74, 6) is 2.12. The molecule has 0 N–H and O–H groups in total. The SMILES string of the molecule is Cc1ccc(C)c(Cn2c(CN3C[C@H](C)C[C@H](C)C3)nc3c2c(=O)n(C)c(=O)n3C)c1. The van der Waals surface area contributed by atoms with Crippen molar-refractivity contribution in [3.05, 3.63) is 61.6 Å². The van der Waals surface area contributed by atoms with Crippen LogP contribution in [0.3, 0.4) is 0 Å². The van der Waals surface area contributed by atoms with Gasteiger partial charge >= 0.3 is 5.69 Å². The number of imidazole rings is 1. The highest BCUT2D eigenvalue weighted by Gasteiger charge is 2.25. The Balaban J connectivity index is 1.88. The standard InChI is InChI=1S/C24H33N5O2/c1-15-7-8-18(4)19(10-15)13-29-20(14-28-11-16(2)9-17(3)12-28)25-22-21(29)23(30)27(6)24(31)26(22)5/h7-8,10,16-17H,9,11-14H2,1-6H3/t16-,17+. The van der Waals surface area contributed by atoms with Crippen LogP contribution in [0.25, 0.3) is 11.2 Å². The molecule has 0 bridgehead atoms. The zero-order chi connectivity index (χ0) is 22.4. The minimum atomic E-state index is -0.347. The topological polar surface area (TPSA) is 65.1 Å². The maximum absolute atomic E-state index is 13.1. The first-order valence-corrected chi connectivity index (χ1v) is 11.1.